The van der Waals surface area contributed by atoms with E-state index < -0.39 is 5.97 Å². The number of ether oxygens (including phenoxy) is 1. The molecule has 0 saturated heterocycles. The van der Waals surface area contributed by atoms with Gasteiger partial charge < -0.3 is 19.7 Å². The smallest absolute Gasteiger partial charge is 0.355 e. The second-order valence-electron chi connectivity index (χ2n) is 14.1. The van der Waals surface area contributed by atoms with Crippen LogP contribution in [0.3, 0.4) is 0 Å². The molecule has 0 saturated carbocycles. The number of hydrogen-bond acceptors (Lipinski definition) is 5. The molecule has 0 atom stereocenters. The van der Waals surface area contributed by atoms with Crippen LogP contribution >= 0.6 is 0 Å². The van der Waals surface area contributed by atoms with Crippen molar-refractivity contribution < 1.29 is 14.3 Å². The fraction of sp³-hybridized carbons (Fsp3) is 0.0400. The van der Waals surface area contributed by atoms with Gasteiger partial charge in [0.15, 0.2) is 6.29 Å². The monoisotopic (exact) mass is 753 g/mol. The first kappa shape index (κ1) is 34.6. The average Bonchev–Trinajstić information content (AvgIpc) is 4.13. The van der Waals surface area contributed by atoms with E-state index in [1.54, 1.807) is 6.92 Å². The zero-order chi connectivity index (χ0) is 39.2. The topological polar surface area (TPSA) is 117 Å². The lowest BCUT2D eigenvalue weighted by atomic mass is 10.0. The maximum atomic E-state index is 13.9. The van der Waals surface area contributed by atoms with Crippen molar-refractivity contribution in [2.75, 3.05) is 6.61 Å². The minimum Gasteiger partial charge on any atom is -0.461 e. The minimum atomic E-state index is -0.569. The number of nitrogens with zero attached hydrogens (tertiary/aromatic N) is 2. The summed E-state index contributed by atoms with van der Waals surface area (Å²) in [5, 5.41) is 1.08. The molecule has 8 heteroatoms. The SMILES string of the molecule is CCOC(=O)c1[nH]c(C=O)c2c3[nH]c(c(-c4ccccc4)c4nc(c(-c5ccccc5)c5ccc([nH]5)c(-c5ccccc5)c5nc(c3-c3ccccc3)C=C5)C=C4)c12. The molecular weight excluding hydrogens is 719 g/mol. The van der Waals surface area contributed by atoms with E-state index in [-0.39, 0.29) is 18.0 Å². The van der Waals surface area contributed by atoms with Crippen LogP contribution in [0.5, 0.6) is 0 Å². The van der Waals surface area contributed by atoms with Gasteiger partial charge in [-0.05, 0) is 65.6 Å². The minimum absolute atomic E-state index is 0.158. The van der Waals surface area contributed by atoms with E-state index in [9.17, 15) is 9.59 Å². The molecule has 8 nitrogen and oxygen atoms in total. The summed E-state index contributed by atoms with van der Waals surface area (Å²) < 4.78 is 5.62. The Morgan fingerprint density at radius 2 is 0.914 bits per heavy atom. The van der Waals surface area contributed by atoms with Crippen LogP contribution in [0, 0.1) is 0 Å². The van der Waals surface area contributed by atoms with Crippen molar-refractivity contribution in [2.45, 2.75) is 6.92 Å². The lowest BCUT2D eigenvalue weighted by molar-refractivity contribution is 0.0522. The number of nitrogens with one attached hydrogen (secondary N) is 3. The molecule has 4 aromatic heterocycles. The summed E-state index contributed by atoms with van der Waals surface area (Å²) in [6.07, 6.45) is 8.86. The quantitative estimate of drug-likeness (QED) is 0.111. The fourth-order valence-electron chi connectivity index (χ4n) is 8.21. The van der Waals surface area contributed by atoms with Crippen LogP contribution in [0.2, 0.25) is 0 Å². The third-order valence-corrected chi connectivity index (χ3v) is 10.7. The highest BCUT2D eigenvalue weighted by atomic mass is 16.5. The van der Waals surface area contributed by atoms with Crippen molar-refractivity contribution in [3.05, 3.63) is 168 Å². The Kier molecular flexibility index (Phi) is 8.57. The molecule has 0 spiro atoms. The Bertz CT molecular complexity index is 3140. The van der Waals surface area contributed by atoms with Crippen molar-refractivity contribution in [1.29, 1.82) is 0 Å². The molecule has 0 amide bonds. The van der Waals surface area contributed by atoms with Crippen molar-refractivity contribution in [2.24, 2.45) is 0 Å². The number of fused-ring (bicyclic) bond motifs is 11. The number of H-pyrrole nitrogens is 3. The highest BCUT2D eigenvalue weighted by Gasteiger charge is 2.27. The summed E-state index contributed by atoms with van der Waals surface area (Å²) in [6.45, 7) is 1.92. The number of carbonyl (C=O) groups is 2. The zero-order valence-corrected chi connectivity index (χ0v) is 31.4. The lowest BCUT2D eigenvalue weighted by Crippen LogP contribution is -2.05. The van der Waals surface area contributed by atoms with E-state index in [0.29, 0.717) is 33.2 Å². The van der Waals surface area contributed by atoms with E-state index in [0.717, 1.165) is 73.2 Å². The van der Waals surface area contributed by atoms with Crippen molar-refractivity contribution in [1.82, 2.24) is 24.9 Å². The van der Waals surface area contributed by atoms with Gasteiger partial charge in [-0.15, -0.1) is 0 Å². The molecule has 10 rings (SSSR count). The Morgan fingerprint density at radius 1 is 0.517 bits per heavy atom. The first-order valence-corrected chi connectivity index (χ1v) is 19.2. The molecular formula is C50H35N5O3. The van der Waals surface area contributed by atoms with Crippen LogP contribution in [-0.4, -0.2) is 43.8 Å². The van der Waals surface area contributed by atoms with Gasteiger partial charge in [-0.25, -0.2) is 14.8 Å². The summed E-state index contributed by atoms with van der Waals surface area (Å²) >= 11 is 0. The van der Waals surface area contributed by atoms with Gasteiger partial charge in [-0.2, -0.15) is 0 Å². The van der Waals surface area contributed by atoms with Gasteiger partial charge in [0.25, 0.3) is 0 Å². The number of hydrogen-bond donors (Lipinski definition) is 3. The second kappa shape index (κ2) is 14.3. The number of rotatable bonds is 7. The molecule has 8 bridgehead atoms. The van der Waals surface area contributed by atoms with Gasteiger partial charge in [-0.1, -0.05) is 121 Å². The molecule has 58 heavy (non-hydrogen) atoms. The van der Waals surface area contributed by atoms with Gasteiger partial charge in [0.1, 0.15) is 5.69 Å². The summed E-state index contributed by atoms with van der Waals surface area (Å²) in [6, 6.07) is 44.6. The predicted octanol–water partition coefficient (Wildman–Crippen LogP) is 11.8. The molecule has 8 aromatic rings. The molecule has 2 aliphatic heterocycles. The van der Waals surface area contributed by atoms with E-state index in [2.05, 4.69) is 51.4 Å². The highest BCUT2D eigenvalue weighted by Crippen LogP contribution is 2.43. The Morgan fingerprint density at radius 3 is 1.33 bits per heavy atom. The van der Waals surface area contributed by atoms with Gasteiger partial charge in [0.2, 0.25) is 0 Å². The van der Waals surface area contributed by atoms with Crippen molar-refractivity contribution in [3.63, 3.8) is 0 Å². The molecule has 3 N–H and O–H groups in total. The first-order chi connectivity index (χ1) is 28.6. The van der Waals surface area contributed by atoms with E-state index in [1.807, 2.05) is 121 Å². The largest absolute Gasteiger partial charge is 0.461 e. The predicted molar refractivity (Wildman–Crippen MR) is 234 cm³/mol. The van der Waals surface area contributed by atoms with E-state index >= 15 is 0 Å². The number of carbonyl (C=O) groups excluding carboxylic acids is 2. The van der Waals surface area contributed by atoms with Crippen LogP contribution in [0.4, 0.5) is 0 Å². The van der Waals surface area contributed by atoms with Crippen LogP contribution in [0.1, 0.15) is 50.7 Å². The normalized spacial score (nSPS) is 11.9. The maximum Gasteiger partial charge on any atom is 0.355 e. The summed E-state index contributed by atoms with van der Waals surface area (Å²) in [5.41, 5.74) is 13.4. The Hall–Kier alpha value is -7.84. The van der Waals surface area contributed by atoms with Gasteiger partial charge in [0, 0.05) is 44.1 Å². The lowest BCUT2D eigenvalue weighted by Gasteiger charge is -2.07. The van der Waals surface area contributed by atoms with Crippen LogP contribution in [0.25, 0.3) is 102 Å². The van der Waals surface area contributed by atoms with Crippen molar-refractivity contribution >= 4 is 69.4 Å². The maximum absolute atomic E-state index is 13.9. The molecule has 4 aromatic carbocycles. The number of aldehydes is 1. The fourth-order valence-corrected chi connectivity index (χ4v) is 8.21. The molecule has 6 heterocycles. The highest BCUT2D eigenvalue weighted by molar-refractivity contribution is 6.25. The third-order valence-electron chi connectivity index (χ3n) is 10.7. The summed E-state index contributed by atoms with van der Waals surface area (Å²) in [4.78, 5) is 48.5. The Labute approximate surface area is 333 Å². The van der Waals surface area contributed by atoms with E-state index in [1.165, 1.54) is 0 Å². The number of esters is 1. The molecule has 0 radical (unpaired) electrons. The van der Waals surface area contributed by atoms with Crippen LogP contribution in [-0.2, 0) is 4.74 Å². The van der Waals surface area contributed by atoms with Crippen molar-refractivity contribution in [3.8, 4) is 44.5 Å². The zero-order valence-electron chi connectivity index (χ0n) is 31.4. The molecule has 278 valence electrons. The standard InChI is InChI=1S/C50H35N5O3/c1-2-58-50(57)49-46-45(40(29-56)54-49)47-43(32-19-11-5-12-20-32)38-27-25-36(52-38)41(30-15-7-3-8-16-30)34-23-24-35(51-34)42(31-17-9-4-10-18-31)37-26-28-39(53-37)44(48(46)55-47)33-21-13-6-14-22-33/h3-29,51,54-55H,2H2,1H3. The number of aromatic amines is 3. The molecule has 0 aliphatic carbocycles. The number of aromatic nitrogens is 5. The third kappa shape index (κ3) is 5.78. The van der Waals surface area contributed by atoms with Gasteiger partial charge in [-0.3, -0.25) is 4.79 Å². The molecule has 0 fully saturated rings. The average molecular weight is 754 g/mol. The number of benzene rings is 4. The molecule has 0 unspecified atom stereocenters. The van der Waals surface area contributed by atoms with Gasteiger partial charge in [0.05, 0.1) is 46.1 Å². The second-order valence-corrected chi connectivity index (χ2v) is 14.1. The van der Waals surface area contributed by atoms with Crippen LogP contribution in [0.15, 0.2) is 133 Å². The van der Waals surface area contributed by atoms with Crippen LogP contribution < -0.4 is 0 Å². The summed E-state index contributed by atoms with van der Waals surface area (Å²) in [7, 11) is 0. The van der Waals surface area contributed by atoms with E-state index in [4.69, 9.17) is 14.7 Å². The molecule has 2 aliphatic rings. The Balaban J connectivity index is 1.50. The van der Waals surface area contributed by atoms with Gasteiger partial charge >= 0.3 is 5.97 Å². The first-order valence-electron chi connectivity index (χ1n) is 19.2. The summed E-state index contributed by atoms with van der Waals surface area (Å²) in [5.74, 6) is -0.569.